The summed E-state index contributed by atoms with van der Waals surface area (Å²) in [6.45, 7) is 2.55. The van der Waals surface area contributed by atoms with E-state index in [2.05, 4.69) is 15.3 Å². The lowest BCUT2D eigenvalue weighted by Gasteiger charge is -2.07. The van der Waals surface area contributed by atoms with E-state index in [1.807, 2.05) is 6.92 Å². The van der Waals surface area contributed by atoms with Gasteiger partial charge in [0.2, 0.25) is 0 Å². The predicted molar refractivity (Wildman–Crippen MR) is 60.0 cm³/mol. The van der Waals surface area contributed by atoms with Gasteiger partial charge in [-0.05, 0) is 6.92 Å². The summed E-state index contributed by atoms with van der Waals surface area (Å²) in [5.41, 5.74) is 0. The van der Waals surface area contributed by atoms with Gasteiger partial charge in [-0.3, -0.25) is 4.98 Å². The maximum atomic E-state index is 9.16. The molecule has 3 N–H and O–H groups in total. The van der Waals surface area contributed by atoms with Gasteiger partial charge in [-0.25, -0.2) is 4.98 Å². The molecule has 0 aliphatic heterocycles. The van der Waals surface area contributed by atoms with Crippen molar-refractivity contribution in [2.45, 2.75) is 18.1 Å². The lowest BCUT2D eigenvalue weighted by atomic mass is 10.4. The van der Waals surface area contributed by atoms with Gasteiger partial charge in [0, 0.05) is 12.3 Å². The quantitative estimate of drug-likeness (QED) is 0.611. The van der Waals surface area contributed by atoms with Crippen molar-refractivity contribution in [3.05, 3.63) is 12.4 Å². The largest absolute Gasteiger partial charge is 0.394 e. The van der Waals surface area contributed by atoms with Crippen LogP contribution in [0.2, 0.25) is 0 Å². The van der Waals surface area contributed by atoms with Crippen molar-refractivity contribution < 1.29 is 10.2 Å². The van der Waals surface area contributed by atoms with Crippen LogP contribution < -0.4 is 5.32 Å². The Kier molecular flexibility index (Phi) is 5.38. The topological polar surface area (TPSA) is 78.3 Å². The molecule has 6 heteroatoms. The second kappa shape index (κ2) is 6.60. The molecule has 1 heterocycles. The van der Waals surface area contributed by atoms with Crippen molar-refractivity contribution in [1.82, 2.24) is 9.97 Å². The van der Waals surface area contributed by atoms with E-state index in [1.165, 1.54) is 11.8 Å². The van der Waals surface area contributed by atoms with E-state index in [-0.39, 0.29) is 6.61 Å². The summed E-state index contributed by atoms with van der Waals surface area (Å²) in [7, 11) is 0. The minimum absolute atomic E-state index is 0.229. The Labute approximate surface area is 93.0 Å². The number of anilines is 1. The molecular weight excluding hydrogens is 214 g/mol. The maximum Gasteiger partial charge on any atom is 0.145 e. The maximum absolute atomic E-state index is 9.16. The second-order valence-electron chi connectivity index (χ2n) is 2.92. The Balaban J connectivity index is 2.50. The Morgan fingerprint density at radius 3 is 3.00 bits per heavy atom. The molecule has 84 valence electrons. The third kappa shape index (κ3) is 4.46. The van der Waals surface area contributed by atoms with E-state index in [4.69, 9.17) is 10.2 Å². The van der Waals surface area contributed by atoms with Crippen molar-refractivity contribution in [3.8, 4) is 0 Å². The minimum atomic E-state index is -0.709. The fourth-order valence-electron chi connectivity index (χ4n) is 0.918. The number of hydrogen-bond donors (Lipinski definition) is 3. The summed E-state index contributed by atoms with van der Waals surface area (Å²) >= 11 is 1.37. The molecule has 0 bridgehead atoms. The normalized spacial score (nSPS) is 12.5. The van der Waals surface area contributed by atoms with Crippen molar-refractivity contribution >= 4 is 17.6 Å². The zero-order valence-electron chi connectivity index (χ0n) is 8.55. The number of hydrogen-bond acceptors (Lipinski definition) is 6. The fourth-order valence-corrected chi connectivity index (χ4v) is 1.69. The van der Waals surface area contributed by atoms with Crippen LogP contribution in [0, 0.1) is 0 Å². The van der Waals surface area contributed by atoms with Crippen LogP contribution in [0.1, 0.15) is 6.92 Å². The van der Waals surface area contributed by atoms with E-state index in [9.17, 15) is 0 Å². The van der Waals surface area contributed by atoms with Gasteiger partial charge in [-0.2, -0.15) is 0 Å². The first-order valence-electron chi connectivity index (χ1n) is 4.74. The fraction of sp³-hybridized carbons (Fsp3) is 0.556. The van der Waals surface area contributed by atoms with Gasteiger partial charge in [0.1, 0.15) is 10.8 Å². The molecule has 1 unspecified atom stereocenters. The summed E-state index contributed by atoms with van der Waals surface area (Å²) in [5, 5.41) is 21.6. The minimum Gasteiger partial charge on any atom is -0.394 e. The van der Waals surface area contributed by atoms with Crippen molar-refractivity contribution in [2.24, 2.45) is 0 Å². The van der Waals surface area contributed by atoms with Crippen LogP contribution in [-0.2, 0) is 0 Å². The van der Waals surface area contributed by atoms with E-state index >= 15 is 0 Å². The summed E-state index contributed by atoms with van der Waals surface area (Å²) in [6, 6.07) is 0. The van der Waals surface area contributed by atoms with Gasteiger partial charge < -0.3 is 15.5 Å². The third-order valence-electron chi connectivity index (χ3n) is 1.60. The van der Waals surface area contributed by atoms with Gasteiger partial charge in [0.25, 0.3) is 0 Å². The number of nitrogens with one attached hydrogen (secondary N) is 1. The number of nitrogens with zero attached hydrogens (tertiary/aromatic N) is 2. The highest BCUT2D eigenvalue weighted by atomic mass is 32.2. The first-order chi connectivity index (χ1) is 7.26. The average Bonchev–Trinajstić information content (AvgIpc) is 2.27. The lowest BCUT2D eigenvalue weighted by molar-refractivity contribution is 0.113. The van der Waals surface area contributed by atoms with Crippen LogP contribution in [-0.4, -0.2) is 45.2 Å². The monoisotopic (exact) mass is 229 g/mol. The second-order valence-corrected chi connectivity index (χ2v) is 3.96. The molecule has 0 saturated heterocycles. The molecule has 0 amide bonds. The first-order valence-corrected chi connectivity index (χ1v) is 5.72. The summed E-state index contributed by atoms with van der Waals surface area (Å²) in [4.78, 5) is 8.28. The van der Waals surface area contributed by atoms with Crippen LogP contribution >= 0.6 is 11.8 Å². The number of thioether (sulfide) groups is 1. The highest BCUT2D eigenvalue weighted by Crippen LogP contribution is 2.16. The first kappa shape index (κ1) is 12.2. The van der Waals surface area contributed by atoms with Gasteiger partial charge in [0.15, 0.2) is 0 Å². The number of rotatable bonds is 6. The van der Waals surface area contributed by atoms with Gasteiger partial charge >= 0.3 is 0 Å². The molecule has 1 rings (SSSR count). The lowest BCUT2D eigenvalue weighted by Crippen LogP contribution is -2.14. The highest BCUT2D eigenvalue weighted by molar-refractivity contribution is 7.99. The van der Waals surface area contributed by atoms with Crippen LogP contribution in [0.4, 0.5) is 5.82 Å². The van der Waals surface area contributed by atoms with E-state index in [0.717, 1.165) is 17.4 Å². The van der Waals surface area contributed by atoms with Crippen LogP contribution in [0.15, 0.2) is 17.4 Å². The molecule has 1 aromatic heterocycles. The van der Waals surface area contributed by atoms with Crippen molar-refractivity contribution in [2.75, 3.05) is 24.2 Å². The summed E-state index contributed by atoms with van der Waals surface area (Å²) in [6.07, 6.45) is 2.57. The van der Waals surface area contributed by atoms with Crippen LogP contribution in [0.25, 0.3) is 0 Å². The Morgan fingerprint density at radius 1 is 1.53 bits per heavy atom. The number of aromatic nitrogens is 2. The van der Waals surface area contributed by atoms with Crippen molar-refractivity contribution in [3.63, 3.8) is 0 Å². The molecule has 15 heavy (non-hydrogen) atoms. The van der Waals surface area contributed by atoms with E-state index < -0.39 is 6.10 Å². The zero-order chi connectivity index (χ0) is 11.1. The third-order valence-corrected chi connectivity index (χ3v) is 2.65. The molecule has 5 nitrogen and oxygen atoms in total. The number of aliphatic hydroxyl groups is 2. The molecule has 0 aromatic carbocycles. The molecule has 1 atom stereocenters. The average molecular weight is 229 g/mol. The zero-order valence-corrected chi connectivity index (χ0v) is 9.37. The Bertz CT molecular complexity index is 298. The summed E-state index contributed by atoms with van der Waals surface area (Å²) in [5.74, 6) is 1.14. The SMILES string of the molecule is CCNc1cncc(SCC(O)CO)n1. The molecule has 0 aliphatic carbocycles. The molecule has 0 saturated carbocycles. The molecule has 1 aromatic rings. The molecule has 0 fully saturated rings. The van der Waals surface area contributed by atoms with Crippen LogP contribution in [0.5, 0.6) is 0 Å². The Morgan fingerprint density at radius 2 is 2.33 bits per heavy atom. The van der Waals surface area contributed by atoms with Gasteiger partial charge in [-0.1, -0.05) is 0 Å². The molecule has 0 spiro atoms. The van der Waals surface area contributed by atoms with E-state index in [1.54, 1.807) is 12.4 Å². The molecular formula is C9H15N3O2S. The summed E-state index contributed by atoms with van der Waals surface area (Å²) < 4.78 is 0. The number of aliphatic hydroxyl groups excluding tert-OH is 2. The van der Waals surface area contributed by atoms with Crippen molar-refractivity contribution in [1.29, 1.82) is 0 Å². The van der Waals surface area contributed by atoms with Gasteiger partial charge in [0.05, 0.1) is 25.1 Å². The molecule has 0 aliphatic rings. The van der Waals surface area contributed by atoms with Crippen LogP contribution in [0.3, 0.4) is 0 Å². The molecule has 0 radical (unpaired) electrons. The smallest absolute Gasteiger partial charge is 0.145 e. The standard InChI is InChI=1S/C9H15N3O2S/c1-2-11-8-3-10-4-9(12-8)15-6-7(14)5-13/h3-4,7,13-14H,2,5-6H2,1H3,(H,11,12). The predicted octanol–water partition coefficient (Wildman–Crippen LogP) is 0.354. The van der Waals surface area contributed by atoms with E-state index in [0.29, 0.717) is 5.75 Å². The highest BCUT2D eigenvalue weighted by Gasteiger charge is 2.04. The van der Waals surface area contributed by atoms with Gasteiger partial charge in [-0.15, -0.1) is 11.8 Å². The Hall–Kier alpha value is -0.850.